The van der Waals surface area contributed by atoms with Gasteiger partial charge in [-0.05, 0) is 30.2 Å². The lowest BCUT2D eigenvalue weighted by Gasteiger charge is -2.07. The van der Waals surface area contributed by atoms with Crippen molar-refractivity contribution in [2.75, 3.05) is 6.54 Å². The van der Waals surface area contributed by atoms with Crippen LogP contribution in [0.2, 0.25) is 0 Å². The Morgan fingerprint density at radius 3 is 2.36 bits per heavy atom. The van der Waals surface area contributed by atoms with Gasteiger partial charge in [0.15, 0.2) is 0 Å². The van der Waals surface area contributed by atoms with Crippen molar-refractivity contribution in [3.05, 3.63) is 34.3 Å². The maximum Gasteiger partial charge on any atom is 0.0175 e. The van der Waals surface area contributed by atoms with Crippen LogP contribution in [0.3, 0.4) is 0 Å². The Bertz CT molecular complexity index is 218. The second-order valence-electron chi connectivity index (χ2n) is 2.69. The molecule has 1 aromatic rings. The standard InChI is InChI=1S/C9H12BrN/c1-7(6-11)8-2-4-9(10)5-3-8/h2-5,7H,6,11H2,1H3/t7-/m1/s1. The molecule has 2 N–H and O–H groups in total. The number of rotatable bonds is 2. The third-order valence-electron chi connectivity index (χ3n) is 1.79. The van der Waals surface area contributed by atoms with E-state index in [-0.39, 0.29) is 0 Å². The van der Waals surface area contributed by atoms with Gasteiger partial charge in [0.25, 0.3) is 0 Å². The first-order valence-corrected chi connectivity index (χ1v) is 4.49. The van der Waals surface area contributed by atoms with Crippen molar-refractivity contribution in [3.63, 3.8) is 0 Å². The average molecular weight is 214 g/mol. The van der Waals surface area contributed by atoms with Gasteiger partial charge in [-0.25, -0.2) is 0 Å². The third kappa shape index (κ3) is 2.31. The highest BCUT2D eigenvalue weighted by atomic mass is 79.9. The molecule has 1 atom stereocenters. The second kappa shape index (κ2) is 3.88. The zero-order chi connectivity index (χ0) is 8.27. The van der Waals surface area contributed by atoms with E-state index in [1.165, 1.54) is 5.56 Å². The fourth-order valence-electron chi connectivity index (χ4n) is 0.927. The van der Waals surface area contributed by atoms with Crippen molar-refractivity contribution in [2.24, 2.45) is 5.73 Å². The molecule has 0 amide bonds. The van der Waals surface area contributed by atoms with E-state index < -0.39 is 0 Å². The fraction of sp³-hybridized carbons (Fsp3) is 0.333. The van der Waals surface area contributed by atoms with E-state index in [1.807, 2.05) is 12.1 Å². The molecule has 0 aliphatic heterocycles. The Kier molecular flexibility index (Phi) is 3.09. The molecule has 1 nitrogen and oxygen atoms in total. The summed E-state index contributed by atoms with van der Waals surface area (Å²) < 4.78 is 1.12. The van der Waals surface area contributed by atoms with Gasteiger partial charge in [0, 0.05) is 4.47 Å². The molecular weight excluding hydrogens is 202 g/mol. The highest BCUT2D eigenvalue weighted by Crippen LogP contribution is 2.16. The quantitative estimate of drug-likeness (QED) is 0.804. The zero-order valence-corrected chi connectivity index (χ0v) is 8.14. The Morgan fingerprint density at radius 1 is 1.36 bits per heavy atom. The molecule has 0 bridgehead atoms. The molecule has 0 radical (unpaired) electrons. The lowest BCUT2D eigenvalue weighted by Crippen LogP contribution is -2.08. The number of halogens is 1. The SMILES string of the molecule is C[C@H](CN)c1ccc(Br)cc1. The molecule has 0 aliphatic rings. The van der Waals surface area contributed by atoms with Crippen molar-refractivity contribution in [1.82, 2.24) is 0 Å². The van der Waals surface area contributed by atoms with Gasteiger partial charge in [0.05, 0.1) is 0 Å². The zero-order valence-electron chi connectivity index (χ0n) is 6.55. The highest BCUT2D eigenvalue weighted by molar-refractivity contribution is 9.10. The summed E-state index contributed by atoms with van der Waals surface area (Å²) in [6, 6.07) is 8.28. The van der Waals surface area contributed by atoms with Crippen molar-refractivity contribution in [1.29, 1.82) is 0 Å². The van der Waals surface area contributed by atoms with Crippen LogP contribution in [0.15, 0.2) is 28.7 Å². The molecule has 0 fully saturated rings. The summed E-state index contributed by atoms with van der Waals surface area (Å²) >= 11 is 3.39. The van der Waals surface area contributed by atoms with Gasteiger partial charge in [-0.3, -0.25) is 0 Å². The maximum absolute atomic E-state index is 5.53. The van der Waals surface area contributed by atoms with Gasteiger partial charge in [0.2, 0.25) is 0 Å². The second-order valence-corrected chi connectivity index (χ2v) is 3.60. The molecular formula is C9H12BrN. The number of benzene rings is 1. The van der Waals surface area contributed by atoms with Crippen LogP contribution in [-0.4, -0.2) is 6.54 Å². The predicted octanol–water partition coefficient (Wildman–Crippen LogP) is 2.51. The van der Waals surface area contributed by atoms with Crippen LogP contribution in [0.4, 0.5) is 0 Å². The molecule has 60 valence electrons. The molecule has 2 heteroatoms. The smallest absolute Gasteiger partial charge is 0.0175 e. The molecule has 0 heterocycles. The average Bonchev–Trinajstić information content (AvgIpc) is 2.05. The summed E-state index contributed by atoms with van der Waals surface area (Å²) in [5.41, 5.74) is 6.83. The molecule has 0 aliphatic carbocycles. The van der Waals surface area contributed by atoms with Crippen molar-refractivity contribution >= 4 is 15.9 Å². The predicted molar refractivity (Wildman–Crippen MR) is 51.6 cm³/mol. The normalized spacial score (nSPS) is 13.0. The van der Waals surface area contributed by atoms with Crippen LogP contribution in [0.5, 0.6) is 0 Å². The Morgan fingerprint density at radius 2 is 1.91 bits per heavy atom. The van der Waals surface area contributed by atoms with Crippen molar-refractivity contribution in [3.8, 4) is 0 Å². The van der Waals surface area contributed by atoms with Crippen LogP contribution >= 0.6 is 15.9 Å². The summed E-state index contributed by atoms with van der Waals surface area (Å²) in [4.78, 5) is 0. The van der Waals surface area contributed by atoms with Gasteiger partial charge in [0.1, 0.15) is 0 Å². The molecule has 0 aromatic heterocycles. The lowest BCUT2D eigenvalue weighted by molar-refractivity contribution is 0.774. The monoisotopic (exact) mass is 213 g/mol. The van der Waals surface area contributed by atoms with Gasteiger partial charge in [-0.15, -0.1) is 0 Å². The summed E-state index contributed by atoms with van der Waals surface area (Å²) in [5, 5.41) is 0. The summed E-state index contributed by atoms with van der Waals surface area (Å²) in [6.07, 6.45) is 0. The Balaban J connectivity index is 2.81. The molecule has 0 unspecified atom stereocenters. The van der Waals surface area contributed by atoms with Gasteiger partial charge in [-0.2, -0.15) is 0 Å². The van der Waals surface area contributed by atoms with E-state index >= 15 is 0 Å². The van der Waals surface area contributed by atoms with E-state index in [1.54, 1.807) is 0 Å². The number of hydrogen-bond acceptors (Lipinski definition) is 1. The molecule has 1 rings (SSSR count). The van der Waals surface area contributed by atoms with E-state index in [0.717, 1.165) is 4.47 Å². The molecule has 1 aromatic carbocycles. The number of hydrogen-bond donors (Lipinski definition) is 1. The molecule has 11 heavy (non-hydrogen) atoms. The van der Waals surface area contributed by atoms with Crippen LogP contribution in [0.1, 0.15) is 18.4 Å². The van der Waals surface area contributed by atoms with Crippen LogP contribution in [0.25, 0.3) is 0 Å². The largest absolute Gasteiger partial charge is 0.330 e. The van der Waals surface area contributed by atoms with Gasteiger partial charge >= 0.3 is 0 Å². The minimum Gasteiger partial charge on any atom is -0.330 e. The Labute approximate surface area is 75.7 Å². The summed E-state index contributed by atoms with van der Waals surface area (Å²) in [5.74, 6) is 0.461. The first kappa shape index (κ1) is 8.75. The van der Waals surface area contributed by atoms with Crippen molar-refractivity contribution in [2.45, 2.75) is 12.8 Å². The molecule has 0 saturated heterocycles. The first-order chi connectivity index (χ1) is 5.24. The maximum atomic E-state index is 5.53. The van der Waals surface area contributed by atoms with E-state index in [0.29, 0.717) is 12.5 Å². The molecule has 0 saturated carbocycles. The summed E-state index contributed by atoms with van der Waals surface area (Å²) in [7, 11) is 0. The van der Waals surface area contributed by atoms with Crippen LogP contribution in [0, 0.1) is 0 Å². The minimum atomic E-state index is 0.461. The number of nitrogens with two attached hydrogens (primary N) is 1. The van der Waals surface area contributed by atoms with E-state index in [2.05, 4.69) is 35.0 Å². The van der Waals surface area contributed by atoms with Gasteiger partial charge in [-0.1, -0.05) is 35.0 Å². The Hall–Kier alpha value is -0.340. The first-order valence-electron chi connectivity index (χ1n) is 3.69. The lowest BCUT2D eigenvalue weighted by atomic mass is 10.0. The fourth-order valence-corrected chi connectivity index (χ4v) is 1.19. The van der Waals surface area contributed by atoms with E-state index in [9.17, 15) is 0 Å². The van der Waals surface area contributed by atoms with Crippen molar-refractivity contribution < 1.29 is 0 Å². The van der Waals surface area contributed by atoms with Gasteiger partial charge < -0.3 is 5.73 Å². The van der Waals surface area contributed by atoms with E-state index in [4.69, 9.17) is 5.73 Å². The minimum absolute atomic E-state index is 0.461. The topological polar surface area (TPSA) is 26.0 Å². The van der Waals surface area contributed by atoms with Crippen LogP contribution < -0.4 is 5.73 Å². The molecule has 0 spiro atoms. The highest BCUT2D eigenvalue weighted by Gasteiger charge is 2.00. The third-order valence-corrected chi connectivity index (χ3v) is 2.32. The summed E-state index contributed by atoms with van der Waals surface area (Å²) in [6.45, 7) is 2.84. The van der Waals surface area contributed by atoms with Crippen LogP contribution in [-0.2, 0) is 0 Å².